The van der Waals surface area contributed by atoms with Crippen LogP contribution in [-0.2, 0) is 6.54 Å². The van der Waals surface area contributed by atoms with Crippen LogP contribution in [0.2, 0.25) is 0 Å². The molecule has 1 heterocycles. The fourth-order valence-electron chi connectivity index (χ4n) is 2.57. The average molecular weight is 297 g/mol. The van der Waals surface area contributed by atoms with E-state index in [1.165, 1.54) is 21.9 Å². The minimum absolute atomic E-state index is 0.331. The highest BCUT2D eigenvalue weighted by atomic mass is 32.2. The van der Waals surface area contributed by atoms with Gasteiger partial charge < -0.3 is 10.6 Å². The molecule has 1 saturated heterocycles. The van der Waals surface area contributed by atoms with Crippen LogP contribution in [0.1, 0.15) is 26.3 Å². The smallest absolute Gasteiger partial charge is 0.0423 e. The quantitative estimate of drug-likeness (QED) is 0.860. The topological polar surface area (TPSA) is 29.3 Å². The standard InChI is InChI=1S/C15H24N2S2/c1-4-18-14-7-5-6-13(12(14)10-16)17-8-9-19-15(2,3)11-17/h5-7H,4,8-11,16H2,1-3H3. The molecule has 0 aliphatic carbocycles. The summed E-state index contributed by atoms with van der Waals surface area (Å²) < 4.78 is 0.331. The number of rotatable bonds is 4. The third kappa shape index (κ3) is 3.61. The molecule has 2 rings (SSSR count). The predicted octanol–water partition coefficient (Wildman–Crippen LogP) is 3.59. The van der Waals surface area contributed by atoms with Gasteiger partial charge in [-0.05, 0) is 31.7 Å². The van der Waals surface area contributed by atoms with Gasteiger partial charge in [-0.25, -0.2) is 0 Å². The van der Waals surface area contributed by atoms with Gasteiger partial charge in [0.2, 0.25) is 0 Å². The van der Waals surface area contributed by atoms with E-state index in [1.54, 1.807) is 0 Å². The van der Waals surface area contributed by atoms with Crippen LogP contribution in [0, 0.1) is 0 Å². The van der Waals surface area contributed by atoms with E-state index in [2.05, 4.69) is 55.6 Å². The summed E-state index contributed by atoms with van der Waals surface area (Å²) in [4.78, 5) is 3.86. The predicted molar refractivity (Wildman–Crippen MR) is 89.5 cm³/mol. The van der Waals surface area contributed by atoms with E-state index in [1.807, 2.05) is 11.8 Å². The summed E-state index contributed by atoms with van der Waals surface area (Å²) >= 11 is 3.96. The van der Waals surface area contributed by atoms with Crippen LogP contribution in [0.25, 0.3) is 0 Å². The molecule has 0 radical (unpaired) electrons. The zero-order valence-corrected chi connectivity index (χ0v) is 13.7. The molecule has 2 N–H and O–H groups in total. The second-order valence-electron chi connectivity index (χ2n) is 5.42. The molecule has 0 atom stereocenters. The van der Waals surface area contributed by atoms with Crippen molar-refractivity contribution in [3.05, 3.63) is 23.8 Å². The fourth-order valence-corrected chi connectivity index (χ4v) is 4.53. The normalized spacial score (nSPS) is 18.6. The third-order valence-electron chi connectivity index (χ3n) is 3.38. The van der Waals surface area contributed by atoms with Crippen molar-refractivity contribution in [1.82, 2.24) is 0 Å². The van der Waals surface area contributed by atoms with Crippen LogP contribution >= 0.6 is 23.5 Å². The van der Waals surface area contributed by atoms with Gasteiger partial charge in [-0.2, -0.15) is 11.8 Å². The van der Waals surface area contributed by atoms with Gasteiger partial charge in [0.15, 0.2) is 0 Å². The second-order valence-corrected chi connectivity index (χ2v) is 8.53. The van der Waals surface area contributed by atoms with Crippen LogP contribution < -0.4 is 10.6 Å². The lowest BCUT2D eigenvalue weighted by Crippen LogP contribution is -2.43. The summed E-state index contributed by atoms with van der Waals surface area (Å²) in [7, 11) is 0. The zero-order chi connectivity index (χ0) is 13.9. The van der Waals surface area contributed by atoms with Crippen LogP contribution in [0.4, 0.5) is 5.69 Å². The monoisotopic (exact) mass is 296 g/mol. The number of thioether (sulfide) groups is 2. The van der Waals surface area contributed by atoms with Gasteiger partial charge in [0.1, 0.15) is 0 Å². The molecule has 1 aliphatic rings. The summed E-state index contributed by atoms with van der Waals surface area (Å²) in [6.07, 6.45) is 0. The minimum atomic E-state index is 0.331. The van der Waals surface area contributed by atoms with Gasteiger partial charge in [0, 0.05) is 46.3 Å². The largest absolute Gasteiger partial charge is 0.369 e. The van der Waals surface area contributed by atoms with Gasteiger partial charge in [0.25, 0.3) is 0 Å². The van der Waals surface area contributed by atoms with Gasteiger partial charge in [-0.3, -0.25) is 0 Å². The lowest BCUT2D eigenvalue weighted by molar-refractivity contribution is 0.645. The number of nitrogens with zero attached hydrogens (tertiary/aromatic N) is 1. The Labute approximate surface area is 125 Å². The molecule has 1 aliphatic heterocycles. The minimum Gasteiger partial charge on any atom is -0.369 e. The number of anilines is 1. The highest BCUT2D eigenvalue weighted by Crippen LogP contribution is 2.36. The van der Waals surface area contributed by atoms with Crippen molar-refractivity contribution in [2.45, 2.75) is 37.0 Å². The first-order chi connectivity index (χ1) is 9.07. The number of hydrogen-bond donors (Lipinski definition) is 1. The van der Waals surface area contributed by atoms with Crippen LogP contribution in [0.5, 0.6) is 0 Å². The molecule has 1 fully saturated rings. The Bertz CT molecular complexity index is 432. The molecular weight excluding hydrogens is 272 g/mol. The lowest BCUT2D eigenvalue weighted by atomic mass is 10.1. The van der Waals surface area contributed by atoms with Crippen LogP contribution in [0.15, 0.2) is 23.1 Å². The molecule has 0 unspecified atom stereocenters. The molecule has 1 aromatic carbocycles. The SMILES string of the molecule is CCSc1cccc(N2CCSC(C)(C)C2)c1CN. The highest BCUT2D eigenvalue weighted by Gasteiger charge is 2.28. The fraction of sp³-hybridized carbons (Fsp3) is 0.600. The van der Waals surface area contributed by atoms with E-state index < -0.39 is 0 Å². The maximum atomic E-state index is 6.01. The van der Waals surface area contributed by atoms with Crippen LogP contribution in [-0.4, -0.2) is 29.3 Å². The van der Waals surface area contributed by atoms with Gasteiger partial charge in [0.05, 0.1) is 0 Å². The number of benzene rings is 1. The Morgan fingerprint density at radius 1 is 1.42 bits per heavy atom. The summed E-state index contributed by atoms with van der Waals surface area (Å²) in [5.74, 6) is 2.29. The van der Waals surface area contributed by atoms with Crippen molar-refractivity contribution in [2.24, 2.45) is 5.73 Å². The van der Waals surface area contributed by atoms with E-state index >= 15 is 0 Å². The molecular formula is C15H24N2S2. The molecule has 4 heteroatoms. The molecule has 0 spiro atoms. The first-order valence-corrected chi connectivity index (χ1v) is 8.88. The summed E-state index contributed by atoms with van der Waals surface area (Å²) in [6, 6.07) is 6.60. The number of nitrogens with two attached hydrogens (primary N) is 1. The van der Waals surface area contributed by atoms with E-state index in [0.717, 1.165) is 18.8 Å². The van der Waals surface area contributed by atoms with Crippen molar-refractivity contribution in [1.29, 1.82) is 0 Å². The van der Waals surface area contributed by atoms with Crippen molar-refractivity contribution in [3.63, 3.8) is 0 Å². The maximum Gasteiger partial charge on any atom is 0.0423 e. The Hall–Kier alpha value is -0.320. The Kier molecular flexibility index (Phi) is 5.09. The molecule has 0 bridgehead atoms. The van der Waals surface area contributed by atoms with E-state index in [0.29, 0.717) is 11.3 Å². The maximum absolute atomic E-state index is 6.01. The average Bonchev–Trinajstić information content (AvgIpc) is 2.37. The first-order valence-electron chi connectivity index (χ1n) is 6.91. The van der Waals surface area contributed by atoms with Crippen molar-refractivity contribution < 1.29 is 0 Å². The molecule has 0 aromatic heterocycles. The third-order valence-corrected chi connectivity index (χ3v) is 5.66. The summed E-state index contributed by atoms with van der Waals surface area (Å²) in [5.41, 5.74) is 8.67. The first kappa shape index (κ1) is 15.1. The highest BCUT2D eigenvalue weighted by molar-refractivity contribution is 8.00. The molecule has 106 valence electrons. The van der Waals surface area contributed by atoms with Gasteiger partial charge >= 0.3 is 0 Å². The summed E-state index contributed by atoms with van der Waals surface area (Å²) in [6.45, 7) is 9.71. The van der Waals surface area contributed by atoms with Gasteiger partial charge in [-0.1, -0.05) is 13.0 Å². The number of hydrogen-bond acceptors (Lipinski definition) is 4. The van der Waals surface area contributed by atoms with Crippen molar-refractivity contribution in [3.8, 4) is 0 Å². The molecule has 0 amide bonds. The van der Waals surface area contributed by atoms with E-state index in [-0.39, 0.29) is 0 Å². The van der Waals surface area contributed by atoms with E-state index in [9.17, 15) is 0 Å². The molecule has 1 aromatic rings. The Morgan fingerprint density at radius 2 is 2.21 bits per heavy atom. The van der Waals surface area contributed by atoms with Crippen molar-refractivity contribution >= 4 is 29.2 Å². The zero-order valence-electron chi connectivity index (χ0n) is 12.1. The van der Waals surface area contributed by atoms with Crippen LogP contribution in [0.3, 0.4) is 0 Å². The Morgan fingerprint density at radius 3 is 2.84 bits per heavy atom. The Balaban J connectivity index is 2.30. The van der Waals surface area contributed by atoms with Crippen molar-refractivity contribution in [2.75, 3.05) is 29.5 Å². The second kappa shape index (κ2) is 6.42. The molecule has 19 heavy (non-hydrogen) atoms. The van der Waals surface area contributed by atoms with E-state index in [4.69, 9.17) is 5.73 Å². The summed E-state index contributed by atoms with van der Waals surface area (Å²) in [5, 5.41) is 0. The van der Waals surface area contributed by atoms with Gasteiger partial charge in [-0.15, -0.1) is 11.8 Å². The lowest BCUT2D eigenvalue weighted by Gasteiger charge is -2.40. The molecule has 2 nitrogen and oxygen atoms in total. The molecule has 0 saturated carbocycles.